The lowest BCUT2D eigenvalue weighted by molar-refractivity contribution is -0.0370. The molecule has 0 aliphatic rings. The Hall–Kier alpha value is -1.75. The third-order valence-corrected chi connectivity index (χ3v) is 2.93. The van der Waals surface area contributed by atoms with Crippen LogP contribution in [-0.4, -0.2) is 35.4 Å². The molecule has 0 spiro atoms. The average Bonchev–Trinajstić information content (AvgIpc) is 2.42. The number of aliphatic hydroxyl groups is 2. The fourth-order valence-electron chi connectivity index (χ4n) is 1.94. The Morgan fingerprint density at radius 2 is 1.84 bits per heavy atom. The van der Waals surface area contributed by atoms with Gasteiger partial charge in [0.2, 0.25) is 0 Å². The van der Waals surface area contributed by atoms with Crippen LogP contribution in [0.5, 0.6) is 0 Å². The minimum atomic E-state index is -1.38. The zero-order valence-corrected chi connectivity index (χ0v) is 10.5. The van der Waals surface area contributed by atoms with Crippen LogP contribution >= 0.6 is 0 Å². The van der Waals surface area contributed by atoms with Crippen LogP contribution in [0, 0.1) is 0 Å². The molecule has 0 radical (unpaired) electrons. The van der Waals surface area contributed by atoms with Gasteiger partial charge in [-0.3, -0.25) is 4.79 Å². The first-order chi connectivity index (χ1) is 9.16. The molecule has 0 aromatic heterocycles. The highest BCUT2D eigenvalue weighted by atomic mass is 16.5. The van der Waals surface area contributed by atoms with Crippen molar-refractivity contribution in [2.45, 2.75) is 12.7 Å². The van der Waals surface area contributed by atoms with Crippen molar-refractivity contribution < 1.29 is 15.0 Å². The van der Waals surface area contributed by atoms with Crippen molar-refractivity contribution in [3.8, 4) is 0 Å². The number of Topliss-reactive ketones (excluding diaryl/α,β-unsaturated/α-hetero) is 1. The Balaban J connectivity index is 1.97. The fraction of sp³-hybridized carbons (Fsp3) is 0.267. The van der Waals surface area contributed by atoms with Gasteiger partial charge in [-0.1, -0.05) is 36.4 Å². The Labute approximate surface area is 111 Å². The summed E-state index contributed by atoms with van der Waals surface area (Å²) in [7, 11) is 0. The van der Waals surface area contributed by atoms with E-state index in [4.69, 9.17) is 10.2 Å². The number of hydrogen-bond donors (Lipinski definition) is 3. The van der Waals surface area contributed by atoms with E-state index in [1.807, 2.05) is 42.5 Å². The lowest BCUT2D eigenvalue weighted by atomic mass is 10.0. The number of fused-ring (bicyclic) bond motifs is 1. The highest BCUT2D eigenvalue weighted by Crippen LogP contribution is 2.16. The molecular weight excluding hydrogens is 242 g/mol. The molecule has 0 saturated carbocycles. The van der Waals surface area contributed by atoms with Gasteiger partial charge in [-0.05, 0) is 16.8 Å². The summed E-state index contributed by atoms with van der Waals surface area (Å²) in [6, 6.07) is 13.5. The van der Waals surface area contributed by atoms with Gasteiger partial charge in [0, 0.05) is 25.1 Å². The van der Waals surface area contributed by atoms with E-state index in [-0.39, 0.29) is 12.3 Å². The van der Waals surface area contributed by atoms with Gasteiger partial charge in [0.25, 0.3) is 0 Å². The van der Waals surface area contributed by atoms with Crippen molar-refractivity contribution in [2.24, 2.45) is 0 Å². The SMILES string of the molecule is O=C(CCNCC(O)O)c1ccc2ccccc2c1. The normalized spacial score (nSPS) is 11.1. The minimum absolute atomic E-state index is 0.0469. The van der Waals surface area contributed by atoms with Crippen LogP contribution < -0.4 is 5.32 Å². The third-order valence-electron chi connectivity index (χ3n) is 2.93. The summed E-state index contributed by atoms with van der Waals surface area (Å²) in [4.78, 5) is 12.0. The van der Waals surface area contributed by atoms with E-state index in [1.165, 1.54) is 0 Å². The number of rotatable bonds is 6. The Bertz CT molecular complexity index is 566. The molecule has 2 aromatic rings. The van der Waals surface area contributed by atoms with E-state index in [0.29, 0.717) is 18.5 Å². The number of hydrogen-bond acceptors (Lipinski definition) is 4. The highest BCUT2D eigenvalue weighted by molar-refractivity contribution is 6.00. The lowest BCUT2D eigenvalue weighted by Crippen LogP contribution is -2.28. The first kappa shape index (κ1) is 13.7. The van der Waals surface area contributed by atoms with Gasteiger partial charge in [-0.15, -0.1) is 0 Å². The monoisotopic (exact) mass is 259 g/mol. The molecular formula is C15H17NO3. The van der Waals surface area contributed by atoms with Gasteiger partial charge in [0.05, 0.1) is 0 Å². The second-order valence-electron chi connectivity index (χ2n) is 4.42. The molecule has 0 saturated heterocycles. The minimum Gasteiger partial charge on any atom is -0.367 e. The summed E-state index contributed by atoms with van der Waals surface area (Å²) in [5, 5.41) is 22.3. The van der Waals surface area contributed by atoms with Gasteiger partial charge < -0.3 is 15.5 Å². The van der Waals surface area contributed by atoms with Crippen molar-refractivity contribution in [1.29, 1.82) is 0 Å². The van der Waals surface area contributed by atoms with Crippen molar-refractivity contribution in [1.82, 2.24) is 5.32 Å². The predicted molar refractivity (Wildman–Crippen MR) is 74.0 cm³/mol. The molecule has 0 bridgehead atoms. The molecule has 4 heteroatoms. The van der Waals surface area contributed by atoms with Crippen molar-refractivity contribution in [2.75, 3.05) is 13.1 Å². The number of carbonyl (C=O) groups excluding carboxylic acids is 1. The van der Waals surface area contributed by atoms with E-state index in [2.05, 4.69) is 5.32 Å². The number of ketones is 1. The quantitative estimate of drug-likeness (QED) is 0.415. The molecule has 0 aliphatic heterocycles. The molecule has 2 rings (SSSR count). The largest absolute Gasteiger partial charge is 0.367 e. The van der Waals surface area contributed by atoms with Gasteiger partial charge in [0.1, 0.15) is 0 Å². The maximum atomic E-state index is 12.0. The summed E-state index contributed by atoms with van der Waals surface area (Å²) in [6.45, 7) is 0.508. The maximum Gasteiger partial charge on any atom is 0.164 e. The average molecular weight is 259 g/mol. The molecule has 4 nitrogen and oxygen atoms in total. The van der Waals surface area contributed by atoms with Crippen LogP contribution in [-0.2, 0) is 0 Å². The molecule has 19 heavy (non-hydrogen) atoms. The van der Waals surface area contributed by atoms with Crippen LogP contribution in [0.4, 0.5) is 0 Å². The van der Waals surface area contributed by atoms with E-state index in [0.717, 1.165) is 10.8 Å². The number of aliphatic hydroxyl groups excluding tert-OH is 1. The Kier molecular flexibility index (Phi) is 4.63. The van der Waals surface area contributed by atoms with E-state index < -0.39 is 6.29 Å². The first-order valence-electron chi connectivity index (χ1n) is 6.25. The first-order valence-corrected chi connectivity index (χ1v) is 6.25. The van der Waals surface area contributed by atoms with Crippen molar-refractivity contribution in [3.63, 3.8) is 0 Å². The van der Waals surface area contributed by atoms with Gasteiger partial charge in [0.15, 0.2) is 12.1 Å². The molecule has 100 valence electrons. The summed E-state index contributed by atoms with van der Waals surface area (Å²) < 4.78 is 0. The van der Waals surface area contributed by atoms with Gasteiger partial charge in [-0.2, -0.15) is 0 Å². The molecule has 3 N–H and O–H groups in total. The highest BCUT2D eigenvalue weighted by Gasteiger charge is 2.06. The predicted octanol–water partition coefficient (Wildman–Crippen LogP) is 1.31. The number of benzene rings is 2. The molecule has 0 atom stereocenters. The number of nitrogens with one attached hydrogen (secondary N) is 1. The van der Waals surface area contributed by atoms with E-state index in [1.54, 1.807) is 0 Å². The molecule has 0 unspecified atom stereocenters. The summed E-state index contributed by atoms with van der Waals surface area (Å²) >= 11 is 0. The van der Waals surface area contributed by atoms with E-state index in [9.17, 15) is 4.79 Å². The summed E-state index contributed by atoms with van der Waals surface area (Å²) in [6.07, 6.45) is -1.04. The lowest BCUT2D eigenvalue weighted by Gasteiger charge is -2.06. The van der Waals surface area contributed by atoms with E-state index >= 15 is 0 Å². The zero-order valence-electron chi connectivity index (χ0n) is 10.5. The second-order valence-corrected chi connectivity index (χ2v) is 4.42. The zero-order chi connectivity index (χ0) is 13.7. The smallest absolute Gasteiger partial charge is 0.164 e. The Morgan fingerprint density at radius 3 is 2.58 bits per heavy atom. The van der Waals surface area contributed by atoms with Gasteiger partial charge >= 0.3 is 0 Å². The number of carbonyl (C=O) groups is 1. The third kappa shape index (κ3) is 3.86. The molecule has 0 heterocycles. The van der Waals surface area contributed by atoms with Crippen LogP contribution in [0.15, 0.2) is 42.5 Å². The van der Waals surface area contributed by atoms with Crippen LogP contribution in [0.2, 0.25) is 0 Å². The molecule has 0 fully saturated rings. The van der Waals surface area contributed by atoms with Crippen LogP contribution in [0.25, 0.3) is 10.8 Å². The standard InChI is InChI=1S/C15H17NO3/c17-14(7-8-16-10-15(18)19)13-6-5-11-3-1-2-4-12(11)9-13/h1-6,9,15-16,18-19H,7-8,10H2. The van der Waals surface area contributed by atoms with Crippen molar-refractivity contribution in [3.05, 3.63) is 48.0 Å². The summed E-state index contributed by atoms with van der Waals surface area (Å²) in [5.74, 6) is 0.0469. The van der Waals surface area contributed by atoms with Crippen LogP contribution in [0.3, 0.4) is 0 Å². The molecule has 2 aromatic carbocycles. The molecule has 0 aliphatic carbocycles. The fourth-order valence-corrected chi connectivity index (χ4v) is 1.94. The van der Waals surface area contributed by atoms with Crippen LogP contribution in [0.1, 0.15) is 16.8 Å². The second kappa shape index (κ2) is 6.43. The summed E-state index contributed by atoms with van der Waals surface area (Å²) in [5.41, 5.74) is 0.685. The van der Waals surface area contributed by atoms with Gasteiger partial charge in [-0.25, -0.2) is 0 Å². The topological polar surface area (TPSA) is 69.6 Å². The Morgan fingerprint density at radius 1 is 1.11 bits per heavy atom. The molecule has 0 amide bonds. The maximum absolute atomic E-state index is 12.0. The van der Waals surface area contributed by atoms with Crippen molar-refractivity contribution >= 4 is 16.6 Å².